The zero-order valence-corrected chi connectivity index (χ0v) is 15.5. The molecule has 24 heavy (non-hydrogen) atoms. The molecule has 0 aliphatic carbocycles. The maximum atomic E-state index is 12.0. The summed E-state index contributed by atoms with van der Waals surface area (Å²) in [5.41, 5.74) is 1.64. The highest BCUT2D eigenvalue weighted by atomic mass is 32.2. The molecule has 2 amide bonds. The van der Waals surface area contributed by atoms with Gasteiger partial charge in [-0.25, -0.2) is 8.42 Å². The predicted molar refractivity (Wildman–Crippen MR) is 94.8 cm³/mol. The largest absolute Gasteiger partial charge is 0.355 e. The normalized spacial score (nSPS) is 11.8. The molecular weight excluding hydrogens is 328 g/mol. The van der Waals surface area contributed by atoms with Crippen molar-refractivity contribution in [3.8, 4) is 0 Å². The molecule has 0 spiro atoms. The summed E-state index contributed by atoms with van der Waals surface area (Å²) < 4.78 is 21.9. The summed E-state index contributed by atoms with van der Waals surface area (Å²) in [6.07, 6.45) is 1.51. The summed E-state index contributed by atoms with van der Waals surface area (Å²) in [5, 5.41) is 5.12. The van der Waals surface area contributed by atoms with Crippen LogP contribution in [0.15, 0.2) is 24.3 Å². The summed E-state index contributed by atoms with van der Waals surface area (Å²) in [4.78, 5) is 23.6. The fraction of sp³-hybridized carbons (Fsp3) is 0.529. The molecule has 134 valence electrons. The number of carbonyl (C=O) groups excluding carboxylic acids is 2. The average Bonchev–Trinajstić information content (AvgIpc) is 2.47. The first-order chi connectivity index (χ1) is 11.0. The molecule has 1 aromatic rings. The molecule has 0 heterocycles. The van der Waals surface area contributed by atoms with Crippen molar-refractivity contribution in [2.24, 2.45) is 0 Å². The van der Waals surface area contributed by atoms with Crippen LogP contribution in [0.4, 0.5) is 0 Å². The Hall–Kier alpha value is -1.89. The molecule has 0 atom stereocenters. The lowest BCUT2D eigenvalue weighted by atomic mass is 9.87. The van der Waals surface area contributed by atoms with E-state index in [1.54, 1.807) is 12.1 Å². The summed E-state index contributed by atoms with van der Waals surface area (Å²) in [7, 11) is -3.02. The van der Waals surface area contributed by atoms with Crippen LogP contribution in [0.3, 0.4) is 0 Å². The van der Waals surface area contributed by atoms with Crippen LogP contribution in [0.5, 0.6) is 0 Å². The van der Waals surface area contributed by atoms with E-state index in [1.807, 2.05) is 12.1 Å². The number of benzene rings is 1. The molecule has 0 fully saturated rings. The van der Waals surface area contributed by atoms with Crippen LogP contribution in [0.25, 0.3) is 0 Å². The van der Waals surface area contributed by atoms with Crippen LogP contribution >= 0.6 is 0 Å². The van der Waals surface area contributed by atoms with Gasteiger partial charge in [-0.2, -0.15) is 0 Å². The van der Waals surface area contributed by atoms with Gasteiger partial charge in [-0.05, 0) is 29.5 Å². The Kier molecular flexibility index (Phi) is 6.95. The van der Waals surface area contributed by atoms with Gasteiger partial charge in [-0.1, -0.05) is 32.9 Å². The molecule has 0 saturated carbocycles. The first-order valence-electron chi connectivity index (χ1n) is 7.82. The van der Waals surface area contributed by atoms with E-state index in [0.717, 1.165) is 11.8 Å². The Morgan fingerprint density at radius 1 is 1.04 bits per heavy atom. The number of hydrogen-bond donors (Lipinski definition) is 2. The molecule has 0 aromatic heterocycles. The second kappa shape index (κ2) is 8.28. The van der Waals surface area contributed by atoms with Gasteiger partial charge in [-0.15, -0.1) is 0 Å². The van der Waals surface area contributed by atoms with Crippen molar-refractivity contribution in [2.75, 3.05) is 25.1 Å². The minimum Gasteiger partial charge on any atom is -0.355 e. The van der Waals surface area contributed by atoms with E-state index in [-0.39, 0.29) is 36.1 Å². The van der Waals surface area contributed by atoms with Crippen LogP contribution in [0, 0.1) is 0 Å². The molecule has 7 heteroatoms. The van der Waals surface area contributed by atoms with Crippen LogP contribution < -0.4 is 10.6 Å². The van der Waals surface area contributed by atoms with Gasteiger partial charge >= 0.3 is 0 Å². The van der Waals surface area contributed by atoms with Crippen molar-refractivity contribution in [1.29, 1.82) is 0 Å². The van der Waals surface area contributed by atoms with Gasteiger partial charge in [0.25, 0.3) is 5.91 Å². The monoisotopic (exact) mass is 354 g/mol. The van der Waals surface area contributed by atoms with E-state index in [0.29, 0.717) is 12.0 Å². The number of hydrogen-bond acceptors (Lipinski definition) is 4. The maximum absolute atomic E-state index is 12.0. The third-order valence-corrected chi connectivity index (χ3v) is 4.47. The molecule has 0 bridgehead atoms. The summed E-state index contributed by atoms with van der Waals surface area (Å²) in [6, 6.07) is 7.28. The first-order valence-corrected chi connectivity index (χ1v) is 9.88. The lowest BCUT2D eigenvalue weighted by molar-refractivity contribution is -0.120. The second-order valence-corrected chi connectivity index (χ2v) is 9.10. The van der Waals surface area contributed by atoms with Crippen LogP contribution in [0.1, 0.15) is 43.1 Å². The summed E-state index contributed by atoms with van der Waals surface area (Å²) >= 11 is 0. The molecule has 1 rings (SSSR count). The molecule has 0 aliphatic rings. The van der Waals surface area contributed by atoms with Gasteiger partial charge in [0.2, 0.25) is 5.91 Å². The predicted octanol–water partition coefficient (Wildman–Crippen LogP) is 1.26. The zero-order chi connectivity index (χ0) is 18.4. The van der Waals surface area contributed by atoms with Gasteiger partial charge in [0, 0.05) is 18.4 Å². The van der Waals surface area contributed by atoms with Gasteiger partial charge in [0.05, 0.1) is 12.3 Å². The van der Waals surface area contributed by atoms with Crippen molar-refractivity contribution < 1.29 is 18.0 Å². The van der Waals surface area contributed by atoms with E-state index in [9.17, 15) is 18.0 Å². The molecule has 6 nitrogen and oxygen atoms in total. The van der Waals surface area contributed by atoms with Gasteiger partial charge < -0.3 is 10.6 Å². The van der Waals surface area contributed by atoms with Crippen LogP contribution in [0.2, 0.25) is 0 Å². The third-order valence-electron chi connectivity index (χ3n) is 3.44. The Balaban J connectivity index is 2.39. The fourth-order valence-corrected chi connectivity index (χ4v) is 2.68. The lowest BCUT2D eigenvalue weighted by Crippen LogP contribution is -2.37. The van der Waals surface area contributed by atoms with Gasteiger partial charge in [0.1, 0.15) is 9.84 Å². The lowest BCUT2D eigenvalue weighted by Gasteiger charge is -2.19. The molecule has 0 unspecified atom stereocenters. The molecule has 1 aromatic carbocycles. The number of sulfone groups is 1. The Labute approximate surface area is 143 Å². The van der Waals surface area contributed by atoms with E-state index in [2.05, 4.69) is 31.4 Å². The Bertz CT molecular complexity index is 674. The Morgan fingerprint density at radius 3 is 2.12 bits per heavy atom. The van der Waals surface area contributed by atoms with E-state index in [4.69, 9.17) is 0 Å². The minimum atomic E-state index is -3.02. The van der Waals surface area contributed by atoms with Crippen molar-refractivity contribution in [3.05, 3.63) is 35.4 Å². The van der Waals surface area contributed by atoms with E-state index in [1.165, 1.54) is 0 Å². The molecule has 0 radical (unpaired) electrons. The second-order valence-electron chi connectivity index (χ2n) is 6.84. The number of nitrogens with one attached hydrogen (secondary N) is 2. The smallest absolute Gasteiger partial charge is 0.251 e. The van der Waals surface area contributed by atoms with Crippen molar-refractivity contribution in [3.63, 3.8) is 0 Å². The third kappa shape index (κ3) is 7.59. The highest BCUT2D eigenvalue weighted by Crippen LogP contribution is 2.22. The average molecular weight is 354 g/mol. The van der Waals surface area contributed by atoms with E-state index >= 15 is 0 Å². The van der Waals surface area contributed by atoms with E-state index < -0.39 is 9.84 Å². The van der Waals surface area contributed by atoms with Crippen molar-refractivity contribution in [2.45, 2.75) is 32.6 Å². The van der Waals surface area contributed by atoms with Crippen molar-refractivity contribution >= 4 is 21.7 Å². The first kappa shape index (κ1) is 20.2. The number of rotatable bonds is 7. The molecular formula is C17H26N2O4S. The zero-order valence-electron chi connectivity index (χ0n) is 14.7. The quantitative estimate of drug-likeness (QED) is 0.721. The Morgan fingerprint density at radius 2 is 1.62 bits per heavy atom. The standard InChI is InChI=1S/C17H26N2O4S/c1-17(2,3)14-8-6-13(7-9-14)16(21)19-12-15(20)18-10-5-11-24(4,22)23/h6-9H,5,10-12H2,1-4H3,(H,18,20)(H,19,21). The summed E-state index contributed by atoms with van der Waals surface area (Å²) in [6.45, 7) is 6.41. The minimum absolute atomic E-state index is 0.0147. The topological polar surface area (TPSA) is 92.3 Å². The highest BCUT2D eigenvalue weighted by Gasteiger charge is 2.14. The molecule has 2 N–H and O–H groups in total. The number of amides is 2. The SMILES string of the molecule is CC(C)(C)c1ccc(C(=O)NCC(=O)NCCCS(C)(=O)=O)cc1. The summed E-state index contributed by atoms with van der Waals surface area (Å²) in [5.74, 6) is -0.635. The van der Waals surface area contributed by atoms with Crippen LogP contribution in [-0.4, -0.2) is 45.3 Å². The van der Waals surface area contributed by atoms with Gasteiger partial charge in [0.15, 0.2) is 0 Å². The fourth-order valence-electron chi connectivity index (χ4n) is 2.01. The molecule has 0 saturated heterocycles. The van der Waals surface area contributed by atoms with Gasteiger partial charge in [-0.3, -0.25) is 9.59 Å². The van der Waals surface area contributed by atoms with Crippen LogP contribution in [-0.2, 0) is 20.0 Å². The number of carbonyl (C=O) groups is 2. The molecule has 0 aliphatic heterocycles. The maximum Gasteiger partial charge on any atom is 0.251 e. The highest BCUT2D eigenvalue weighted by molar-refractivity contribution is 7.90. The van der Waals surface area contributed by atoms with Crippen molar-refractivity contribution in [1.82, 2.24) is 10.6 Å².